The van der Waals surface area contributed by atoms with Crippen LogP contribution in [0, 0.1) is 5.41 Å². The molecule has 3 N–H and O–H groups in total. The summed E-state index contributed by atoms with van der Waals surface area (Å²) in [5, 5.41) is 12.3. The zero-order chi connectivity index (χ0) is 18.1. The number of nitrogens with one attached hydrogen (secondary N) is 1. The van der Waals surface area contributed by atoms with Crippen LogP contribution in [0.2, 0.25) is 0 Å². The standard InChI is InChI=1S/C18H24N4O2S/c1-17(2)11-18(17,12-6-8-13(24-3)9-7-12)15(23)20-10-4-5-14-21-22-16(19)25-14/h6-9H,4-5,10-11H2,1-3H3,(H2,19,22)(H,20,23)/t18-/m0/s1. The molecular weight excluding hydrogens is 336 g/mol. The average molecular weight is 360 g/mol. The zero-order valence-corrected chi connectivity index (χ0v) is 15.7. The molecule has 2 aromatic rings. The van der Waals surface area contributed by atoms with Gasteiger partial charge in [-0.2, -0.15) is 0 Å². The van der Waals surface area contributed by atoms with E-state index in [-0.39, 0.29) is 11.3 Å². The first-order valence-corrected chi connectivity index (χ1v) is 9.21. The van der Waals surface area contributed by atoms with Gasteiger partial charge in [0.15, 0.2) is 0 Å². The largest absolute Gasteiger partial charge is 0.497 e. The summed E-state index contributed by atoms with van der Waals surface area (Å²) in [6, 6.07) is 7.83. The molecule has 1 heterocycles. The van der Waals surface area contributed by atoms with Gasteiger partial charge in [-0.15, -0.1) is 10.2 Å². The molecule has 3 rings (SSSR count). The van der Waals surface area contributed by atoms with E-state index < -0.39 is 5.41 Å². The van der Waals surface area contributed by atoms with Gasteiger partial charge in [0.2, 0.25) is 11.0 Å². The Kier molecular flexibility index (Phi) is 4.69. The molecule has 1 fully saturated rings. The highest BCUT2D eigenvalue weighted by atomic mass is 32.1. The van der Waals surface area contributed by atoms with E-state index in [0.717, 1.165) is 35.6 Å². The fourth-order valence-corrected chi connectivity index (χ4v) is 4.12. The molecular formula is C18H24N4O2S. The Morgan fingerprint density at radius 3 is 2.52 bits per heavy atom. The molecule has 0 aliphatic heterocycles. The first kappa shape index (κ1) is 17.7. The highest BCUT2D eigenvalue weighted by Crippen LogP contribution is 2.64. The van der Waals surface area contributed by atoms with Crippen molar-refractivity contribution in [2.45, 2.75) is 38.5 Å². The van der Waals surface area contributed by atoms with Gasteiger partial charge in [-0.05, 0) is 36.0 Å². The van der Waals surface area contributed by atoms with Crippen molar-refractivity contribution in [3.63, 3.8) is 0 Å². The topological polar surface area (TPSA) is 90.1 Å². The van der Waals surface area contributed by atoms with Gasteiger partial charge in [0.05, 0.1) is 12.5 Å². The number of nitrogens with zero attached hydrogens (tertiary/aromatic N) is 2. The summed E-state index contributed by atoms with van der Waals surface area (Å²) in [6.07, 6.45) is 2.44. The lowest BCUT2D eigenvalue weighted by Crippen LogP contribution is -2.38. The highest BCUT2D eigenvalue weighted by Gasteiger charge is 2.66. The molecule has 1 saturated carbocycles. The number of nitrogen functional groups attached to an aromatic ring is 1. The van der Waals surface area contributed by atoms with Crippen LogP contribution in [0.5, 0.6) is 5.75 Å². The maximum absolute atomic E-state index is 12.9. The Hall–Kier alpha value is -2.15. The summed E-state index contributed by atoms with van der Waals surface area (Å²) in [6.45, 7) is 4.90. The van der Waals surface area contributed by atoms with Gasteiger partial charge >= 0.3 is 0 Å². The zero-order valence-electron chi connectivity index (χ0n) is 14.8. The van der Waals surface area contributed by atoms with Crippen molar-refractivity contribution in [2.75, 3.05) is 19.4 Å². The fraction of sp³-hybridized carbons (Fsp3) is 0.500. The molecule has 1 amide bonds. The van der Waals surface area contributed by atoms with Gasteiger partial charge in [0.25, 0.3) is 0 Å². The minimum absolute atomic E-state index is 0.0423. The number of rotatable bonds is 7. The van der Waals surface area contributed by atoms with E-state index >= 15 is 0 Å². The molecule has 1 aliphatic rings. The number of ether oxygens (including phenoxy) is 1. The van der Waals surface area contributed by atoms with Crippen molar-refractivity contribution < 1.29 is 9.53 Å². The molecule has 134 valence electrons. The van der Waals surface area contributed by atoms with Gasteiger partial charge < -0.3 is 15.8 Å². The lowest BCUT2D eigenvalue weighted by molar-refractivity contribution is -0.124. The van der Waals surface area contributed by atoms with Gasteiger partial charge in [-0.1, -0.05) is 37.3 Å². The number of carbonyl (C=O) groups excluding carboxylic acids is 1. The molecule has 1 aliphatic carbocycles. The minimum atomic E-state index is -0.452. The number of benzene rings is 1. The fourth-order valence-electron chi connectivity index (χ4n) is 3.47. The summed E-state index contributed by atoms with van der Waals surface area (Å²) in [5.74, 6) is 0.897. The Morgan fingerprint density at radius 1 is 1.32 bits per heavy atom. The number of nitrogens with two attached hydrogens (primary N) is 1. The number of carbonyl (C=O) groups is 1. The second-order valence-electron chi connectivity index (χ2n) is 7.09. The smallest absolute Gasteiger partial charge is 0.231 e. The minimum Gasteiger partial charge on any atom is -0.497 e. The number of amides is 1. The van der Waals surface area contributed by atoms with Crippen molar-refractivity contribution in [3.8, 4) is 5.75 Å². The van der Waals surface area contributed by atoms with Gasteiger partial charge in [0.1, 0.15) is 10.8 Å². The summed E-state index contributed by atoms with van der Waals surface area (Å²) in [5.41, 5.74) is 6.13. The third kappa shape index (κ3) is 3.33. The van der Waals surface area contributed by atoms with Crippen LogP contribution in [-0.2, 0) is 16.6 Å². The molecule has 0 spiro atoms. The van der Waals surface area contributed by atoms with E-state index in [1.807, 2.05) is 24.3 Å². The summed E-state index contributed by atoms with van der Waals surface area (Å²) in [7, 11) is 1.64. The number of aromatic nitrogens is 2. The van der Waals surface area contributed by atoms with E-state index in [0.29, 0.717) is 11.7 Å². The van der Waals surface area contributed by atoms with E-state index in [4.69, 9.17) is 10.5 Å². The van der Waals surface area contributed by atoms with Crippen molar-refractivity contribution in [3.05, 3.63) is 34.8 Å². The molecule has 0 unspecified atom stereocenters. The van der Waals surface area contributed by atoms with E-state index in [9.17, 15) is 4.79 Å². The van der Waals surface area contributed by atoms with E-state index in [1.54, 1.807) is 7.11 Å². The van der Waals surface area contributed by atoms with Gasteiger partial charge in [0, 0.05) is 13.0 Å². The number of hydrogen-bond acceptors (Lipinski definition) is 6. The lowest BCUT2D eigenvalue weighted by atomic mass is 9.87. The Bertz CT molecular complexity index is 757. The highest BCUT2D eigenvalue weighted by molar-refractivity contribution is 7.15. The third-order valence-corrected chi connectivity index (χ3v) is 5.86. The second-order valence-corrected chi connectivity index (χ2v) is 8.18. The predicted octanol–water partition coefficient (Wildman–Crippen LogP) is 2.55. The van der Waals surface area contributed by atoms with Crippen LogP contribution < -0.4 is 15.8 Å². The number of anilines is 1. The number of aryl methyl sites for hydroxylation is 1. The molecule has 7 heteroatoms. The molecule has 1 aromatic carbocycles. The predicted molar refractivity (Wildman–Crippen MR) is 98.7 cm³/mol. The van der Waals surface area contributed by atoms with Crippen LogP contribution in [0.15, 0.2) is 24.3 Å². The number of methoxy groups -OCH3 is 1. The maximum Gasteiger partial charge on any atom is 0.231 e. The Morgan fingerprint density at radius 2 is 2.00 bits per heavy atom. The molecule has 0 saturated heterocycles. The van der Waals surface area contributed by atoms with Crippen LogP contribution in [-0.4, -0.2) is 29.8 Å². The summed E-state index contributed by atoms with van der Waals surface area (Å²) < 4.78 is 5.22. The quantitative estimate of drug-likeness (QED) is 0.741. The normalized spacial score (nSPS) is 20.9. The van der Waals surface area contributed by atoms with Crippen molar-refractivity contribution in [1.29, 1.82) is 0 Å². The molecule has 25 heavy (non-hydrogen) atoms. The molecule has 6 nitrogen and oxygen atoms in total. The Labute approximate surface area is 151 Å². The molecule has 1 aromatic heterocycles. The van der Waals surface area contributed by atoms with Gasteiger partial charge in [-0.25, -0.2) is 0 Å². The number of hydrogen-bond donors (Lipinski definition) is 2. The monoisotopic (exact) mass is 360 g/mol. The van der Waals surface area contributed by atoms with Crippen LogP contribution in [0.3, 0.4) is 0 Å². The SMILES string of the molecule is COc1ccc([C@]2(C(=O)NCCCc3nnc(N)s3)CC2(C)C)cc1. The summed E-state index contributed by atoms with van der Waals surface area (Å²) >= 11 is 1.40. The molecule has 0 radical (unpaired) electrons. The summed E-state index contributed by atoms with van der Waals surface area (Å²) in [4.78, 5) is 12.9. The van der Waals surface area contributed by atoms with Gasteiger partial charge in [-0.3, -0.25) is 4.79 Å². The van der Waals surface area contributed by atoms with Crippen molar-refractivity contribution in [1.82, 2.24) is 15.5 Å². The second kappa shape index (κ2) is 6.63. The third-order valence-electron chi connectivity index (χ3n) is 5.04. The maximum atomic E-state index is 12.9. The van der Waals surface area contributed by atoms with Crippen molar-refractivity contribution >= 4 is 22.4 Å². The van der Waals surface area contributed by atoms with E-state index in [1.165, 1.54) is 11.3 Å². The van der Waals surface area contributed by atoms with E-state index in [2.05, 4.69) is 29.4 Å². The average Bonchev–Trinajstić information content (AvgIpc) is 2.95. The first-order valence-electron chi connectivity index (χ1n) is 8.40. The van der Waals surface area contributed by atoms with Crippen LogP contribution in [0.4, 0.5) is 5.13 Å². The molecule has 1 atom stereocenters. The van der Waals surface area contributed by atoms with Crippen LogP contribution in [0.25, 0.3) is 0 Å². The van der Waals surface area contributed by atoms with Crippen LogP contribution in [0.1, 0.15) is 37.3 Å². The van der Waals surface area contributed by atoms with Crippen LogP contribution >= 0.6 is 11.3 Å². The Balaban J connectivity index is 1.61. The van der Waals surface area contributed by atoms with Crippen molar-refractivity contribution in [2.24, 2.45) is 5.41 Å². The lowest BCUT2D eigenvalue weighted by Gasteiger charge is -2.21. The first-order chi connectivity index (χ1) is 11.9. The molecule has 0 bridgehead atoms.